The maximum absolute atomic E-state index is 9.07. The minimum atomic E-state index is 0.00129. The average Bonchev–Trinajstić information content (AvgIpc) is 2.48. The fourth-order valence-corrected chi connectivity index (χ4v) is 2.35. The Morgan fingerprint density at radius 2 is 1.95 bits per heavy atom. The van der Waals surface area contributed by atoms with Crippen molar-refractivity contribution in [3.63, 3.8) is 0 Å². The molecule has 0 aliphatic rings. The van der Waals surface area contributed by atoms with Gasteiger partial charge in [0.15, 0.2) is 0 Å². The van der Waals surface area contributed by atoms with Gasteiger partial charge >= 0.3 is 0 Å². The molecule has 0 aromatic heterocycles. The zero-order chi connectivity index (χ0) is 14.4. The van der Waals surface area contributed by atoms with Crippen LogP contribution in [-0.2, 0) is 0 Å². The van der Waals surface area contributed by atoms with Crippen molar-refractivity contribution >= 4 is 21.6 Å². The van der Waals surface area contributed by atoms with Crippen molar-refractivity contribution in [1.29, 1.82) is 5.26 Å². The molecule has 2 rings (SSSR count). The predicted molar refractivity (Wildman–Crippen MR) is 85.3 cm³/mol. The number of rotatable bonds is 5. The van der Waals surface area contributed by atoms with E-state index >= 15 is 0 Å². The van der Waals surface area contributed by atoms with E-state index in [0.717, 1.165) is 28.7 Å². The summed E-state index contributed by atoms with van der Waals surface area (Å²) in [7, 11) is 0. The Bertz CT molecular complexity index is 605. The molecule has 0 heterocycles. The smallest absolute Gasteiger partial charge is 0.101 e. The highest BCUT2D eigenvalue weighted by Crippen LogP contribution is 2.21. The normalized spacial score (nSPS) is 11.7. The van der Waals surface area contributed by atoms with Crippen molar-refractivity contribution < 1.29 is 0 Å². The first kappa shape index (κ1) is 14.6. The molecule has 20 heavy (non-hydrogen) atoms. The van der Waals surface area contributed by atoms with E-state index in [0.29, 0.717) is 5.56 Å². The first-order valence-corrected chi connectivity index (χ1v) is 7.24. The lowest BCUT2D eigenvalue weighted by Crippen LogP contribution is -2.15. The second-order valence-corrected chi connectivity index (χ2v) is 5.45. The van der Waals surface area contributed by atoms with Crippen LogP contribution in [0.25, 0.3) is 0 Å². The highest BCUT2D eigenvalue weighted by atomic mass is 79.9. The molecule has 2 aromatic carbocycles. The van der Waals surface area contributed by atoms with Crippen LogP contribution >= 0.6 is 15.9 Å². The summed E-state index contributed by atoms with van der Waals surface area (Å²) in [5.74, 6) is 0. The summed E-state index contributed by atoms with van der Waals surface area (Å²) < 4.78 is 0.950. The summed E-state index contributed by atoms with van der Waals surface area (Å²) in [5, 5.41) is 12.3. The summed E-state index contributed by atoms with van der Waals surface area (Å²) in [6, 6.07) is 17.8. The number of benzene rings is 2. The van der Waals surface area contributed by atoms with Crippen LogP contribution in [0.5, 0.6) is 0 Å². The molecule has 3 nitrogen and oxygen atoms in total. The topological polar surface area (TPSA) is 61.8 Å². The molecule has 0 saturated heterocycles. The number of nitrogens with zero attached hydrogens (tertiary/aromatic N) is 1. The minimum Gasteiger partial charge on any atom is -0.384 e. The van der Waals surface area contributed by atoms with E-state index in [1.807, 2.05) is 42.5 Å². The fraction of sp³-hybridized carbons (Fsp3) is 0.188. The molecule has 4 heteroatoms. The monoisotopic (exact) mass is 329 g/mol. The quantitative estimate of drug-likeness (QED) is 0.876. The molecular formula is C16H16BrN3. The lowest BCUT2D eigenvalue weighted by Gasteiger charge is -2.14. The van der Waals surface area contributed by atoms with Crippen LogP contribution < -0.4 is 11.1 Å². The lowest BCUT2D eigenvalue weighted by atomic mass is 10.0. The molecule has 1 atom stereocenters. The summed E-state index contributed by atoms with van der Waals surface area (Å²) in [6.07, 6.45) is 0.807. The van der Waals surface area contributed by atoms with E-state index in [1.165, 1.54) is 0 Å². The number of nitrogens with two attached hydrogens (primary N) is 1. The molecule has 0 amide bonds. The van der Waals surface area contributed by atoms with E-state index in [4.69, 9.17) is 11.0 Å². The summed E-state index contributed by atoms with van der Waals surface area (Å²) in [6.45, 7) is 0.723. The predicted octanol–water partition coefficient (Wildman–Crippen LogP) is 3.82. The molecular weight excluding hydrogens is 314 g/mol. The third-order valence-electron chi connectivity index (χ3n) is 3.10. The van der Waals surface area contributed by atoms with Gasteiger partial charge in [-0.25, -0.2) is 0 Å². The van der Waals surface area contributed by atoms with Gasteiger partial charge in [-0.1, -0.05) is 46.3 Å². The summed E-state index contributed by atoms with van der Waals surface area (Å²) in [4.78, 5) is 0. The van der Waals surface area contributed by atoms with Crippen LogP contribution in [0.2, 0.25) is 0 Å². The van der Waals surface area contributed by atoms with Crippen LogP contribution in [0.3, 0.4) is 0 Å². The van der Waals surface area contributed by atoms with E-state index in [1.54, 1.807) is 6.07 Å². The second-order valence-electron chi connectivity index (χ2n) is 4.53. The average molecular weight is 330 g/mol. The molecule has 0 spiro atoms. The number of anilines is 1. The summed E-state index contributed by atoms with van der Waals surface area (Å²) >= 11 is 3.41. The molecule has 0 fully saturated rings. The van der Waals surface area contributed by atoms with Crippen molar-refractivity contribution in [3.05, 3.63) is 64.1 Å². The fourth-order valence-electron chi connectivity index (χ4n) is 1.99. The van der Waals surface area contributed by atoms with Gasteiger partial charge in [-0.3, -0.25) is 0 Å². The molecule has 0 saturated carbocycles. The third kappa shape index (κ3) is 3.83. The van der Waals surface area contributed by atoms with Crippen molar-refractivity contribution in [2.45, 2.75) is 12.5 Å². The largest absolute Gasteiger partial charge is 0.384 e. The Morgan fingerprint density at radius 1 is 1.20 bits per heavy atom. The first-order valence-electron chi connectivity index (χ1n) is 6.45. The molecule has 0 radical (unpaired) electrons. The standard InChI is InChI=1S/C16H16BrN3/c17-14-7-6-13(11-18)16(10-14)20-9-8-15(19)12-4-2-1-3-5-12/h1-7,10,15,20H,8-9,19H2. The van der Waals surface area contributed by atoms with Gasteiger partial charge in [-0.15, -0.1) is 0 Å². The maximum Gasteiger partial charge on any atom is 0.101 e. The van der Waals surface area contributed by atoms with Gasteiger partial charge in [0.2, 0.25) is 0 Å². The zero-order valence-corrected chi connectivity index (χ0v) is 12.6. The Morgan fingerprint density at radius 3 is 2.65 bits per heavy atom. The SMILES string of the molecule is N#Cc1ccc(Br)cc1NCCC(N)c1ccccc1. The van der Waals surface area contributed by atoms with E-state index < -0.39 is 0 Å². The van der Waals surface area contributed by atoms with Gasteiger partial charge in [-0.05, 0) is 30.2 Å². The van der Waals surface area contributed by atoms with Crippen LogP contribution in [0.4, 0.5) is 5.69 Å². The van der Waals surface area contributed by atoms with Crippen LogP contribution in [0.15, 0.2) is 53.0 Å². The first-order chi connectivity index (χ1) is 9.70. The lowest BCUT2D eigenvalue weighted by molar-refractivity contribution is 0.675. The van der Waals surface area contributed by atoms with Crippen LogP contribution in [0.1, 0.15) is 23.6 Å². The Labute approximate surface area is 127 Å². The maximum atomic E-state index is 9.07. The molecule has 1 unspecified atom stereocenters. The molecule has 0 aliphatic heterocycles. The Kier molecular flexibility index (Phi) is 5.16. The molecule has 2 aromatic rings. The second kappa shape index (κ2) is 7.09. The highest BCUT2D eigenvalue weighted by molar-refractivity contribution is 9.10. The molecule has 102 valence electrons. The van der Waals surface area contributed by atoms with Gasteiger partial charge in [-0.2, -0.15) is 5.26 Å². The van der Waals surface area contributed by atoms with E-state index in [-0.39, 0.29) is 6.04 Å². The van der Waals surface area contributed by atoms with Crippen molar-refractivity contribution in [3.8, 4) is 6.07 Å². The van der Waals surface area contributed by atoms with Crippen molar-refractivity contribution in [2.75, 3.05) is 11.9 Å². The van der Waals surface area contributed by atoms with Gasteiger partial charge in [0.25, 0.3) is 0 Å². The van der Waals surface area contributed by atoms with Gasteiger partial charge in [0, 0.05) is 17.1 Å². The summed E-state index contributed by atoms with van der Waals surface area (Å²) in [5.41, 5.74) is 8.75. The number of halogens is 1. The number of nitrogens with one attached hydrogen (secondary N) is 1. The third-order valence-corrected chi connectivity index (χ3v) is 3.59. The van der Waals surface area contributed by atoms with E-state index in [2.05, 4.69) is 27.3 Å². The molecule has 0 aliphatic carbocycles. The van der Waals surface area contributed by atoms with Crippen LogP contribution in [-0.4, -0.2) is 6.54 Å². The van der Waals surface area contributed by atoms with Crippen molar-refractivity contribution in [1.82, 2.24) is 0 Å². The Balaban J connectivity index is 1.94. The number of hydrogen-bond acceptors (Lipinski definition) is 3. The van der Waals surface area contributed by atoms with Gasteiger partial charge in [0.05, 0.1) is 11.3 Å². The number of nitriles is 1. The molecule has 3 N–H and O–H groups in total. The molecule has 0 bridgehead atoms. The van der Waals surface area contributed by atoms with Crippen LogP contribution in [0, 0.1) is 11.3 Å². The van der Waals surface area contributed by atoms with Gasteiger partial charge < -0.3 is 11.1 Å². The minimum absolute atomic E-state index is 0.00129. The zero-order valence-electron chi connectivity index (χ0n) is 11.0. The van der Waals surface area contributed by atoms with E-state index in [9.17, 15) is 0 Å². The number of hydrogen-bond donors (Lipinski definition) is 2. The van der Waals surface area contributed by atoms with Gasteiger partial charge in [0.1, 0.15) is 6.07 Å². The Hall–Kier alpha value is -1.83. The van der Waals surface area contributed by atoms with Crippen molar-refractivity contribution in [2.24, 2.45) is 5.73 Å². The highest BCUT2D eigenvalue weighted by Gasteiger charge is 2.06.